The van der Waals surface area contributed by atoms with E-state index in [0.717, 1.165) is 49.4 Å². The molecule has 1 aromatic carbocycles. The summed E-state index contributed by atoms with van der Waals surface area (Å²) in [6.07, 6.45) is 2.76. The van der Waals surface area contributed by atoms with Crippen LogP contribution in [0.1, 0.15) is 30.0 Å². The van der Waals surface area contributed by atoms with Crippen molar-refractivity contribution in [3.8, 4) is 11.5 Å². The molecule has 5 rings (SSSR count). The molecular weight excluding hydrogens is 334 g/mol. The molecule has 0 radical (unpaired) electrons. The highest BCUT2D eigenvalue weighted by Gasteiger charge is 2.51. The van der Waals surface area contributed by atoms with Gasteiger partial charge in [0.25, 0.3) is 0 Å². The molecule has 26 heavy (non-hydrogen) atoms. The van der Waals surface area contributed by atoms with Gasteiger partial charge in [-0.1, -0.05) is 0 Å². The van der Waals surface area contributed by atoms with E-state index in [1.54, 1.807) is 14.2 Å². The first-order valence-corrected chi connectivity index (χ1v) is 9.47. The summed E-state index contributed by atoms with van der Waals surface area (Å²) < 4.78 is 22.5. The van der Waals surface area contributed by atoms with Gasteiger partial charge in [-0.3, -0.25) is 9.69 Å². The minimum Gasteiger partial charge on any atom is -0.454 e. The van der Waals surface area contributed by atoms with Crippen LogP contribution in [0, 0.1) is 11.8 Å². The molecule has 1 saturated heterocycles. The van der Waals surface area contributed by atoms with Gasteiger partial charge < -0.3 is 18.9 Å². The molecule has 6 nitrogen and oxygen atoms in total. The second-order valence-corrected chi connectivity index (χ2v) is 7.78. The fourth-order valence-corrected chi connectivity index (χ4v) is 5.45. The van der Waals surface area contributed by atoms with Crippen molar-refractivity contribution in [3.63, 3.8) is 0 Å². The first-order valence-electron chi connectivity index (χ1n) is 9.47. The predicted octanol–water partition coefficient (Wildman–Crippen LogP) is 1.95. The number of rotatable bonds is 2. The van der Waals surface area contributed by atoms with E-state index in [0.29, 0.717) is 5.78 Å². The quantitative estimate of drug-likeness (QED) is 0.805. The average molecular weight is 359 g/mol. The number of carbonyl (C=O) groups excluding carboxylic acids is 1. The third-order valence-corrected chi connectivity index (χ3v) is 6.69. The van der Waals surface area contributed by atoms with Crippen molar-refractivity contribution in [2.24, 2.45) is 11.8 Å². The highest BCUT2D eigenvalue weighted by molar-refractivity contribution is 5.89. The first kappa shape index (κ1) is 16.5. The zero-order valence-corrected chi connectivity index (χ0v) is 15.3. The summed E-state index contributed by atoms with van der Waals surface area (Å²) in [5.41, 5.74) is 2.32. The van der Waals surface area contributed by atoms with Crippen LogP contribution in [-0.2, 0) is 20.7 Å². The summed E-state index contributed by atoms with van der Waals surface area (Å²) in [6, 6.07) is 3.93. The Morgan fingerprint density at radius 2 is 1.92 bits per heavy atom. The van der Waals surface area contributed by atoms with Crippen LogP contribution < -0.4 is 9.47 Å². The van der Waals surface area contributed by atoms with Crippen LogP contribution in [0.25, 0.3) is 0 Å². The zero-order valence-electron chi connectivity index (χ0n) is 15.3. The van der Waals surface area contributed by atoms with Gasteiger partial charge in [-0.25, -0.2) is 0 Å². The number of piperidine rings is 1. The number of Topliss-reactive ketones (excluding diaryl/α,β-unsaturated/α-hetero) is 1. The molecule has 0 spiro atoms. The summed E-state index contributed by atoms with van der Waals surface area (Å²) in [5, 5.41) is 0. The van der Waals surface area contributed by atoms with Crippen molar-refractivity contribution in [2.75, 3.05) is 34.1 Å². The first-order chi connectivity index (χ1) is 12.7. The number of carbonyl (C=O) groups is 1. The molecule has 1 aliphatic carbocycles. The molecule has 2 fully saturated rings. The maximum absolute atomic E-state index is 13.5. The van der Waals surface area contributed by atoms with E-state index >= 15 is 0 Å². The lowest BCUT2D eigenvalue weighted by molar-refractivity contribution is -0.157. The number of methoxy groups -OCH3 is 2. The highest BCUT2D eigenvalue weighted by Crippen LogP contribution is 2.47. The Balaban J connectivity index is 1.50. The number of hydrogen-bond acceptors (Lipinski definition) is 6. The summed E-state index contributed by atoms with van der Waals surface area (Å²) >= 11 is 0. The Bertz CT molecular complexity index is 735. The second kappa shape index (κ2) is 6.22. The molecule has 5 atom stereocenters. The number of nitrogens with zero attached hydrogens (tertiary/aromatic N) is 1. The standard InChI is InChI=1S/C20H25NO5/c1-23-15-4-3-12-14(20(15)24-2)9-21-6-5-11-7-16-17(26-10-25-16)8-13(11)18(21)19(12)22/h7-8,12,14-15,18,20H,3-6,9-10H2,1-2H3. The average Bonchev–Trinajstić information content (AvgIpc) is 3.12. The Morgan fingerprint density at radius 1 is 1.12 bits per heavy atom. The van der Waals surface area contributed by atoms with Gasteiger partial charge in [-0.2, -0.15) is 0 Å². The predicted molar refractivity (Wildman–Crippen MR) is 93.4 cm³/mol. The van der Waals surface area contributed by atoms with Crippen molar-refractivity contribution in [1.82, 2.24) is 4.90 Å². The maximum Gasteiger partial charge on any atom is 0.231 e. The molecule has 1 saturated carbocycles. The zero-order chi connectivity index (χ0) is 17.8. The van der Waals surface area contributed by atoms with E-state index in [4.69, 9.17) is 18.9 Å². The molecule has 140 valence electrons. The van der Waals surface area contributed by atoms with Gasteiger partial charge in [-0.05, 0) is 42.5 Å². The SMILES string of the molecule is COC1CCC2C(=O)C3c4cc5c(cc4CCN3CC2C1OC)OCO5. The van der Waals surface area contributed by atoms with Crippen molar-refractivity contribution < 1.29 is 23.7 Å². The summed E-state index contributed by atoms with van der Waals surface area (Å²) in [6.45, 7) is 2.03. The largest absolute Gasteiger partial charge is 0.454 e. The lowest BCUT2D eigenvalue weighted by Gasteiger charge is -2.51. The van der Waals surface area contributed by atoms with Crippen LogP contribution >= 0.6 is 0 Å². The van der Waals surface area contributed by atoms with Crippen molar-refractivity contribution in [3.05, 3.63) is 23.3 Å². The second-order valence-electron chi connectivity index (χ2n) is 7.78. The Kier molecular flexibility index (Phi) is 3.95. The molecule has 0 N–H and O–H groups in total. The van der Waals surface area contributed by atoms with Gasteiger partial charge in [0.1, 0.15) is 0 Å². The number of benzene rings is 1. The third-order valence-electron chi connectivity index (χ3n) is 6.69. The van der Waals surface area contributed by atoms with Crippen molar-refractivity contribution in [1.29, 1.82) is 0 Å². The van der Waals surface area contributed by atoms with Gasteiger partial charge in [0, 0.05) is 39.1 Å². The van der Waals surface area contributed by atoms with Gasteiger partial charge in [-0.15, -0.1) is 0 Å². The van der Waals surface area contributed by atoms with Gasteiger partial charge >= 0.3 is 0 Å². The summed E-state index contributed by atoms with van der Waals surface area (Å²) in [5.74, 6) is 2.15. The Hall–Kier alpha value is -1.63. The Morgan fingerprint density at radius 3 is 2.69 bits per heavy atom. The number of ether oxygens (including phenoxy) is 4. The molecule has 0 bridgehead atoms. The molecule has 0 aromatic heterocycles. The molecular formula is C20H25NO5. The highest BCUT2D eigenvalue weighted by atomic mass is 16.7. The summed E-state index contributed by atoms with van der Waals surface area (Å²) in [7, 11) is 3.48. The minimum absolute atomic E-state index is 0.0122. The minimum atomic E-state index is -0.161. The molecule has 1 aromatic rings. The van der Waals surface area contributed by atoms with E-state index in [2.05, 4.69) is 11.0 Å². The van der Waals surface area contributed by atoms with E-state index in [1.807, 2.05) is 6.07 Å². The molecule has 4 aliphatic rings. The van der Waals surface area contributed by atoms with Gasteiger partial charge in [0.05, 0.1) is 18.2 Å². The van der Waals surface area contributed by atoms with Crippen molar-refractivity contribution >= 4 is 5.78 Å². The van der Waals surface area contributed by atoms with Gasteiger partial charge in [0.15, 0.2) is 17.3 Å². The molecule has 5 unspecified atom stereocenters. The number of hydrogen-bond donors (Lipinski definition) is 0. The topological polar surface area (TPSA) is 57.2 Å². The summed E-state index contributed by atoms with van der Waals surface area (Å²) in [4.78, 5) is 15.8. The van der Waals surface area contributed by atoms with Crippen molar-refractivity contribution in [2.45, 2.75) is 37.5 Å². The van der Waals surface area contributed by atoms with Crippen LogP contribution in [0.15, 0.2) is 12.1 Å². The monoisotopic (exact) mass is 359 g/mol. The van der Waals surface area contributed by atoms with E-state index < -0.39 is 0 Å². The lowest BCUT2D eigenvalue weighted by Crippen LogP contribution is -2.58. The maximum atomic E-state index is 13.5. The van der Waals surface area contributed by atoms with Crippen LogP contribution in [0.5, 0.6) is 11.5 Å². The molecule has 6 heteroatoms. The van der Waals surface area contributed by atoms with Crippen LogP contribution in [0.2, 0.25) is 0 Å². The van der Waals surface area contributed by atoms with E-state index in [1.165, 1.54) is 5.56 Å². The smallest absolute Gasteiger partial charge is 0.231 e. The number of fused-ring (bicyclic) bond motifs is 5. The van der Waals surface area contributed by atoms with Gasteiger partial charge in [0.2, 0.25) is 6.79 Å². The normalized spacial score (nSPS) is 35.6. The number of ketones is 1. The lowest BCUT2D eigenvalue weighted by atomic mass is 9.67. The van der Waals surface area contributed by atoms with Crippen LogP contribution in [0.4, 0.5) is 0 Å². The molecule has 0 amide bonds. The fraction of sp³-hybridized carbons (Fsp3) is 0.650. The molecule has 3 aliphatic heterocycles. The Labute approximate surface area is 153 Å². The van der Waals surface area contributed by atoms with E-state index in [9.17, 15) is 4.79 Å². The third kappa shape index (κ3) is 2.32. The van der Waals surface area contributed by atoms with Crippen LogP contribution in [0.3, 0.4) is 0 Å². The molecule has 3 heterocycles. The van der Waals surface area contributed by atoms with Crippen LogP contribution in [-0.4, -0.2) is 57.0 Å². The fourth-order valence-electron chi connectivity index (χ4n) is 5.45. The van der Waals surface area contributed by atoms with E-state index in [-0.39, 0.29) is 36.9 Å².